The molecule has 4 heteroatoms. The molecule has 28 heavy (non-hydrogen) atoms. The fraction of sp³-hybridized carbons (Fsp3) is 0.458. The average Bonchev–Trinajstić information content (AvgIpc) is 2.75. The second-order valence-corrected chi connectivity index (χ2v) is 8.30. The van der Waals surface area contributed by atoms with Crippen LogP contribution in [0.1, 0.15) is 34.3 Å². The summed E-state index contributed by atoms with van der Waals surface area (Å²) in [5, 5.41) is 0. The van der Waals surface area contributed by atoms with E-state index in [2.05, 4.69) is 47.2 Å². The van der Waals surface area contributed by atoms with Crippen LogP contribution in [0.2, 0.25) is 0 Å². The predicted molar refractivity (Wildman–Crippen MR) is 114 cm³/mol. The SMILES string of the molecule is Cc1ccccc1C(=O)N1CCN(C2(c3ccccc3)CCN(C)CC2)CC1. The molecular formula is C24H31N3O. The number of amides is 1. The van der Waals surface area contributed by atoms with Gasteiger partial charge in [-0.1, -0.05) is 48.5 Å². The zero-order valence-corrected chi connectivity index (χ0v) is 17.1. The quantitative estimate of drug-likeness (QED) is 0.821. The zero-order valence-electron chi connectivity index (χ0n) is 17.1. The average molecular weight is 378 g/mol. The van der Waals surface area contributed by atoms with Crippen LogP contribution in [0.5, 0.6) is 0 Å². The van der Waals surface area contributed by atoms with E-state index < -0.39 is 0 Å². The minimum Gasteiger partial charge on any atom is -0.336 e. The maximum atomic E-state index is 13.0. The van der Waals surface area contributed by atoms with Crippen molar-refractivity contribution in [2.75, 3.05) is 46.3 Å². The molecule has 2 aromatic carbocycles. The van der Waals surface area contributed by atoms with E-state index in [1.165, 1.54) is 5.56 Å². The van der Waals surface area contributed by atoms with Crippen LogP contribution in [-0.4, -0.2) is 66.9 Å². The predicted octanol–water partition coefficient (Wildman–Crippen LogP) is 3.37. The monoisotopic (exact) mass is 377 g/mol. The fourth-order valence-corrected chi connectivity index (χ4v) is 4.85. The Morgan fingerprint density at radius 1 is 0.821 bits per heavy atom. The lowest BCUT2D eigenvalue weighted by Crippen LogP contribution is -2.59. The number of aryl methyl sites for hydroxylation is 1. The van der Waals surface area contributed by atoms with E-state index in [0.29, 0.717) is 0 Å². The highest BCUT2D eigenvalue weighted by atomic mass is 16.2. The molecule has 2 fully saturated rings. The van der Waals surface area contributed by atoms with Gasteiger partial charge in [-0.15, -0.1) is 0 Å². The Hall–Kier alpha value is -2.17. The van der Waals surface area contributed by atoms with Crippen LogP contribution >= 0.6 is 0 Å². The van der Waals surface area contributed by atoms with E-state index in [9.17, 15) is 4.79 Å². The first-order chi connectivity index (χ1) is 13.6. The number of piperidine rings is 1. The molecular weight excluding hydrogens is 346 g/mol. The summed E-state index contributed by atoms with van der Waals surface area (Å²) in [5.74, 6) is 0.176. The molecule has 2 aliphatic rings. The molecule has 0 aliphatic carbocycles. The molecule has 4 rings (SSSR count). The number of hydrogen-bond donors (Lipinski definition) is 0. The standard InChI is InChI=1S/C24H31N3O/c1-20-8-6-7-11-22(20)23(28)26-16-18-27(19-17-26)24(12-14-25(2)15-13-24)21-9-4-3-5-10-21/h3-11H,12-19H2,1-2H3. The van der Waals surface area contributed by atoms with Crippen molar-refractivity contribution < 1.29 is 4.79 Å². The van der Waals surface area contributed by atoms with Gasteiger partial charge in [-0.3, -0.25) is 9.69 Å². The van der Waals surface area contributed by atoms with Gasteiger partial charge in [-0.05, 0) is 57.1 Å². The highest BCUT2D eigenvalue weighted by Gasteiger charge is 2.42. The highest BCUT2D eigenvalue weighted by Crippen LogP contribution is 2.39. The molecule has 2 aliphatic heterocycles. The summed E-state index contributed by atoms with van der Waals surface area (Å²) in [4.78, 5) is 20.1. The minimum atomic E-state index is 0.103. The minimum absolute atomic E-state index is 0.103. The number of benzene rings is 2. The normalized spacial score (nSPS) is 20.9. The number of likely N-dealkylation sites (tertiary alicyclic amines) is 1. The second kappa shape index (κ2) is 8.06. The van der Waals surface area contributed by atoms with Crippen molar-refractivity contribution in [3.63, 3.8) is 0 Å². The van der Waals surface area contributed by atoms with Crippen LogP contribution in [0.3, 0.4) is 0 Å². The number of rotatable bonds is 3. The third-order valence-corrected chi connectivity index (χ3v) is 6.67. The summed E-state index contributed by atoms with van der Waals surface area (Å²) >= 11 is 0. The summed E-state index contributed by atoms with van der Waals surface area (Å²) in [6.45, 7) is 7.75. The van der Waals surface area contributed by atoms with E-state index in [4.69, 9.17) is 0 Å². The molecule has 0 radical (unpaired) electrons. The van der Waals surface area contributed by atoms with E-state index in [1.807, 2.05) is 36.1 Å². The molecule has 4 nitrogen and oxygen atoms in total. The molecule has 0 atom stereocenters. The van der Waals surface area contributed by atoms with Gasteiger partial charge in [0.15, 0.2) is 0 Å². The van der Waals surface area contributed by atoms with Crippen LogP contribution in [-0.2, 0) is 5.54 Å². The second-order valence-electron chi connectivity index (χ2n) is 8.30. The van der Waals surface area contributed by atoms with E-state index in [1.54, 1.807) is 0 Å². The number of hydrogen-bond acceptors (Lipinski definition) is 3. The van der Waals surface area contributed by atoms with Gasteiger partial charge >= 0.3 is 0 Å². The Bertz CT molecular complexity index is 804. The molecule has 0 N–H and O–H groups in total. The first kappa shape index (κ1) is 19.2. The van der Waals surface area contributed by atoms with Crippen molar-refractivity contribution in [2.24, 2.45) is 0 Å². The van der Waals surface area contributed by atoms with Crippen molar-refractivity contribution in [1.29, 1.82) is 0 Å². The Balaban J connectivity index is 1.51. The summed E-state index contributed by atoms with van der Waals surface area (Å²) < 4.78 is 0. The summed E-state index contributed by atoms with van der Waals surface area (Å²) in [7, 11) is 2.22. The van der Waals surface area contributed by atoms with Crippen LogP contribution < -0.4 is 0 Å². The largest absolute Gasteiger partial charge is 0.336 e. The van der Waals surface area contributed by atoms with Gasteiger partial charge in [-0.25, -0.2) is 0 Å². The van der Waals surface area contributed by atoms with Gasteiger partial charge in [0.2, 0.25) is 0 Å². The summed E-state index contributed by atoms with van der Waals surface area (Å²) in [6.07, 6.45) is 2.30. The van der Waals surface area contributed by atoms with E-state index in [-0.39, 0.29) is 11.4 Å². The van der Waals surface area contributed by atoms with E-state index >= 15 is 0 Å². The molecule has 1 amide bonds. The van der Waals surface area contributed by atoms with Crippen molar-refractivity contribution in [1.82, 2.24) is 14.7 Å². The maximum absolute atomic E-state index is 13.0. The molecule has 0 spiro atoms. The van der Waals surface area contributed by atoms with Crippen molar-refractivity contribution in [2.45, 2.75) is 25.3 Å². The molecule has 2 heterocycles. The highest BCUT2D eigenvalue weighted by molar-refractivity contribution is 5.95. The number of carbonyl (C=O) groups is 1. The van der Waals surface area contributed by atoms with Crippen LogP contribution in [0.4, 0.5) is 0 Å². The van der Waals surface area contributed by atoms with Crippen molar-refractivity contribution in [3.05, 3.63) is 71.3 Å². The van der Waals surface area contributed by atoms with Gasteiger partial charge in [0.25, 0.3) is 5.91 Å². The Morgan fingerprint density at radius 2 is 1.43 bits per heavy atom. The Kier molecular flexibility index (Phi) is 5.51. The smallest absolute Gasteiger partial charge is 0.254 e. The van der Waals surface area contributed by atoms with Crippen molar-refractivity contribution in [3.8, 4) is 0 Å². The lowest BCUT2D eigenvalue weighted by atomic mass is 9.79. The topological polar surface area (TPSA) is 26.8 Å². The Labute approximate surface area is 168 Å². The first-order valence-corrected chi connectivity index (χ1v) is 10.4. The summed E-state index contributed by atoms with van der Waals surface area (Å²) in [6, 6.07) is 18.9. The zero-order chi connectivity index (χ0) is 19.6. The molecule has 148 valence electrons. The number of carbonyl (C=O) groups excluding carboxylic acids is 1. The van der Waals surface area contributed by atoms with Gasteiger partial charge < -0.3 is 9.80 Å². The maximum Gasteiger partial charge on any atom is 0.254 e. The molecule has 2 saturated heterocycles. The Morgan fingerprint density at radius 3 is 2.07 bits per heavy atom. The van der Waals surface area contributed by atoms with Crippen LogP contribution in [0.15, 0.2) is 54.6 Å². The van der Waals surface area contributed by atoms with Gasteiger partial charge in [0.1, 0.15) is 0 Å². The van der Waals surface area contributed by atoms with Crippen LogP contribution in [0, 0.1) is 6.92 Å². The lowest BCUT2D eigenvalue weighted by Gasteiger charge is -2.51. The van der Waals surface area contributed by atoms with Gasteiger partial charge in [-0.2, -0.15) is 0 Å². The molecule has 0 saturated carbocycles. The first-order valence-electron chi connectivity index (χ1n) is 10.4. The number of piperazine rings is 1. The third kappa shape index (κ3) is 3.59. The number of nitrogens with zero attached hydrogens (tertiary/aromatic N) is 3. The molecule has 0 unspecified atom stereocenters. The molecule has 0 bridgehead atoms. The van der Waals surface area contributed by atoms with Crippen LogP contribution in [0.25, 0.3) is 0 Å². The van der Waals surface area contributed by atoms with Gasteiger partial charge in [0, 0.05) is 37.3 Å². The lowest BCUT2D eigenvalue weighted by molar-refractivity contribution is -0.00754. The fourth-order valence-electron chi connectivity index (χ4n) is 4.85. The van der Waals surface area contributed by atoms with E-state index in [0.717, 1.165) is 63.2 Å². The molecule has 2 aromatic rings. The third-order valence-electron chi connectivity index (χ3n) is 6.67. The molecule has 0 aromatic heterocycles. The summed E-state index contributed by atoms with van der Waals surface area (Å²) in [5.41, 5.74) is 3.44. The van der Waals surface area contributed by atoms with Crippen molar-refractivity contribution >= 4 is 5.91 Å². The van der Waals surface area contributed by atoms with Gasteiger partial charge in [0.05, 0.1) is 0 Å².